The van der Waals surface area contributed by atoms with Crippen LogP contribution in [0.25, 0.3) is 0 Å². The molecule has 0 aliphatic carbocycles. The van der Waals surface area contributed by atoms with E-state index in [9.17, 15) is 4.39 Å². The number of hydrogen-bond acceptors (Lipinski definition) is 6. The number of hydrogen-bond donors (Lipinski definition) is 4. The molecule has 6 nitrogen and oxygen atoms in total. The number of benzene rings is 2. The molecule has 1 heterocycles. The first-order chi connectivity index (χ1) is 12.2. The van der Waals surface area contributed by atoms with Crippen molar-refractivity contribution >= 4 is 23.3 Å². The van der Waals surface area contributed by atoms with Gasteiger partial charge >= 0.3 is 0 Å². The smallest absolute Gasteiger partial charge is 0.231 e. The van der Waals surface area contributed by atoms with E-state index in [-0.39, 0.29) is 5.82 Å². The van der Waals surface area contributed by atoms with E-state index in [0.29, 0.717) is 30.5 Å². The molecule has 0 amide bonds. The van der Waals surface area contributed by atoms with E-state index in [2.05, 4.69) is 26.0 Å². The summed E-state index contributed by atoms with van der Waals surface area (Å²) in [6, 6.07) is 17.9. The number of nitrogen functional groups attached to an aromatic ring is 1. The van der Waals surface area contributed by atoms with Gasteiger partial charge in [-0.3, -0.25) is 0 Å². The fourth-order valence-electron chi connectivity index (χ4n) is 2.35. The van der Waals surface area contributed by atoms with E-state index in [1.54, 1.807) is 12.1 Å². The molecule has 0 bridgehead atoms. The lowest BCUT2D eigenvalue weighted by Crippen LogP contribution is -2.13. The van der Waals surface area contributed by atoms with Gasteiger partial charge in [-0.1, -0.05) is 30.3 Å². The van der Waals surface area contributed by atoms with Gasteiger partial charge in [0.2, 0.25) is 5.95 Å². The molecule has 5 N–H and O–H groups in total. The maximum atomic E-state index is 13.2. The van der Waals surface area contributed by atoms with Crippen LogP contribution in [0.15, 0.2) is 60.7 Å². The van der Waals surface area contributed by atoms with Crippen molar-refractivity contribution in [1.82, 2.24) is 9.97 Å². The third-order valence-electron chi connectivity index (χ3n) is 3.51. The molecule has 3 aromatic rings. The first-order valence-electron chi connectivity index (χ1n) is 7.89. The summed E-state index contributed by atoms with van der Waals surface area (Å²) in [5.41, 5.74) is 4.32. The summed E-state index contributed by atoms with van der Waals surface area (Å²) in [6.45, 7) is 0.606. The van der Waals surface area contributed by atoms with Gasteiger partial charge in [0, 0.05) is 18.3 Å². The highest BCUT2D eigenvalue weighted by Gasteiger charge is 2.05. The van der Waals surface area contributed by atoms with Crippen LogP contribution >= 0.6 is 0 Å². The quantitative estimate of drug-likeness (QED) is 0.390. The fourth-order valence-corrected chi connectivity index (χ4v) is 2.35. The van der Waals surface area contributed by atoms with E-state index in [0.717, 1.165) is 11.3 Å². The lowest BCUT2D eigenvalue weighted by atomic mass is 10.1. The van der Waals surface area contributed by atoms with E-state index < -0.39 is 0 Å². The molecule has 2 aromatic carbocycles. The highest BCUT2D eigenvalue weighted by molar-refractivity contribution is 5.58. The van der Waals surface area contributed by atoms with Crippen LogP contribution in [-0.2, 0) is 6.42 Å². The van der Waals surface area contributed by atoms with Crippen LogP contribution in [0.5, 0.6) is 0 Å². The molecular formula is C18H19FN6. The van der Waals surface area contributed by atoms with Gasteiger partial charge in [-0.05, 0) is 36.2 Å². The number of rotatable bonds is 7. The Hall–Kier alpha value is -3.19. The van der Waals surface area contributed by atoms with Crippen molar-refractivity contribution in [3.63, 3.8) is 0 Å². The topological polar surface area (TPSA) is 87.9 Å². The number of nitrogens with two attached hydrogens (primary N) is 1. The number of anilines is 4. The standard InChI is InChI=1S/C18H19FN6/c19-14-6-4-5-13(11-14)9-10-21-16-12-17(25-20)24-18(23-16)22-15-7-2-1-3-8-15/h1-8,11-12H,9-10,20H2,(H3,21,22,23,24,25). The predicted octanol–water partition coefficient (Wildman–Crippen LogP) is 3.30. The normalized spacial score (nSPS) is 10.3. The van der Waals surface area contributed by atoms with E-state index in [1.165, 1.54) is 12.1 Å². The summed E-state index contributed by atoms with van der Waals surface area (Å²) in [5.74, 6) is 6.78. The molecule has 0 aliphatic heterocycles. The fraction of sp³-hybridized carbons (Fsp3) is 0.111. The van der Waals surface area contributed by atoms with Crippen LogP contribution in [0.1, 0.15) is 5.56 Å². The average molecular weight is 338 g/mol. The molecule has 25 heavy (non-hydrogen) atoms. The summed E-state index contributed by atoms with van der Waals surface area (Å²) in [6.07, 6.45) is 0.675. The van der Waals surface area contributed by atoms with Crippen molar-refractivity contribution in [1.29, 1.82) is 0 Å². The summed E-state index contributed by atoms with van der Waals surface area (Å²) >= 11 is 0. The van der Waals surface area contributed by atoms with Crippen LogP contribution < -0.4 is 21.9 Å². The van der Waals surface area contributed by atoms with Crippen LogP contribution in [-0.4, -0.2) is 16.5 Å². The zero-order valence-electron chi connectivity index (χ0n) is 13.5. The number of para-hydroxylation sites is 1. The van der Waals surface area contributed by atoms with E-state index in [4.69, 9.17) is 5.84 Å². The molecule has 1 aromatic heterocycles. The summed E-state index contributed by atoms with van der Waals surface area (Å²) in [7, 11) is 0. The van der Waals surface area contributed by atoms with Gasteiger partial charge in [-0.15, -0.1) is 0 Å². The summed E-state index contributed by atoms with van der Waals surface area (Å²) in [4.78, 5) is 8.70. The van der Waals surface area contributed by atoms with Crippen LogP contribution in [0.2, 0.25) is 0 Å². The Labute approximate surface area is 145 Å². The SMILES string of the molecule is NNc1cc(NCCc2cccc(F)c2)nc(Nc2ccccc2)n1. The Morgan fingerprint density at radius 3 is 2.48 bits per heavy atom. The Balaban J connectivity index is 1.67. The first-order valence-corrected chi connectivity index (χ1v) is 7.89. The molecular weight excluding hydrogens is 319 g/mol. The van der Waals surface area contributed by atoms with Gasteiger partial charge in [-0.25, -0.2) is 10.2 Å². The average Bonchev–Trinajstić information content (AvgIpc) is 2.62. The second-order valence-electron chi connectivity index (χ2n) is 5.40. The Kier molecular flexibility index (Phi) is 5.38. The monoisotopic (exact) mass is 338 g/mol. The highest BCUT2D eigenvalue weighted by atomic mass is 19.1. The Morgan fingerprint density at radius 2 is 1.72 bits per heavy atom. The minimum Gasteiger partial charge on any atom is -0.370 e. The zero-order chi connectivity index (χ0) is 17.5. The first kappa shape index (κ1) is 16.7. The van der Waals surface area contributed by atoms with Crippen molar-refractivity contribution in [3.8, 4) is 0 Å². The minimum absolute atomic E-state index is 0.233. The van der Waals surface area contributed by atoms with Crippen LogP contribution in [0, 0.1) is 5.82 Å². The molecule has 0 saturated carbocycles. The van der Waals surface area contributed by atoms with Gasteiger partial charge in [0.25, 0.3) is 0 Å². The summed E-state index contributed by atoms with van der Waals surface area (Å²) < 4.78 is 13.2. The van der Waals surface area contributed by atoms with Crippen molar-refractivity contribution in [2.75, 3.05) is 22.6 Å². The van der Waals surface area contributed by atoms with Crippen molar-refractivity contribution in [2.45, 2.75) is 6.42 Å². The van der Waals surface area contributed by atoms with Gasteiger partial charge in [-0.2, -0.15) is 9.97 Å². The maximum absolute atomic E-state index is 13.2. The van der Waals surface area contributed by atoms with E-state index in [1.807, 2.05) is 36.4 Å². The zero-order valence-corrected chi connectivity index (χ0v) is 13.5. The Bertz CT molecular complexity index is 825. The number of halogens is 1. The third-order valence-corrected chi connectivity index (χ3v) is 3.51. The lowest BCUT2D eigenvalue weighted by Gasteiger charge is -2.11. The van der Waals surface area contributed by atoms with E-state index >= 15 is 0 Å². The number of nitrogens with one attached hydrogen (secondary N) is 3. The Morgan fingerprint density at radius 1 is 0.920 bits per heavy atom. The number of aromatic nitrogens is 2. The van der Waals surface area contributed by atoms with Crippen molar-refractivity contribution in [2.24, 2.45) is 5.84 Å². The molecule has 3 rings (SSSR count). The highest BCUT2D eigenvalue weighted by Crippen LogP contribution is 2.17. The maximum Gasteiger partial charge on any atom is 0.231 e. The molecule has 0 spiro atoms. The van der Waals surface area contributed by atoms with Gasteiger partial charge in [0.1, 0.15) is 17.5 Å². The van der Waals surface area contributed by atoms with Crippen LogP contribution in [0.4, 0.5) is 27.7 Å². The second-order valence-corrected chi connectivity index (χ2v) is 5.40. The summed E-state index contributed by atoms with van der Waals surface area (Å²) in [5, 5.41) is 6.33. The van der Waals surface area contributed by atoms with Crippen molar-refractivity contribution in [3.05, 3.63) is 72.0 Å². The lowest BCUT2D eigenvalue weighted by molar-refractivity contribution is 0.625. The number of nitrogens with zero attached hydrogens (tertiary/aromatic N) is 2. The molecule has 7 heteroatoms. The van der Waals surface area contributed by atoms with Crippen molar-refractivity contribution < 1.29 is 4.39 Å². The molecule has 0 fully saturated rings. The largest absolute Gasteiger partial charge is 0.370 e. The molecule has 0 saturated heterocycles. The molecule has 0 atom stereocenters. The molecule has 0 radical (unpaired) electrons. The third kappa shape index (κ3) is 4.89. The molecule has 128 valence electrons. The predicted molar refractivity (Wildman–Crippen MR) is 98.2 cm³/mol. The van der Waals surface area contributed by atoms with Gasteiger partial charge in [0.15, 0.2) is 0 Å². The van der Waals surface area contributed by atoms with Gasteiger partial charge < -0.3 is 16.1 Å². The van der Waals surface area contributed by atoms with Gasteiger partial charge in [0.05, 0.1) is 0 Å². The molecule has 0 aliphatic rings. The van der Waals surface area contributed by atoms with Crippen LogP contribution in [0.3, 0.4) is 0 Å². The minimum atomic E-state index is -0.233. The second kappa shape index (κ2) is 8.07. The molecule has 0 unspecified atom stereocenters. The number of hydrazine groups is 1.